The Morgan fingerprint density at radius 1 is 1.47 bits per heavy atom. The van der Waals surface area contributed by atoms with E-state index in [0.29, 0.717) is 6.54 Å². The van der Waals surface area contributed by atoms with E-state index in [-0.39, 0.29) is 0 Å². The molecule has 0 fully saturated rings. The van der Waals surface area contributed by atoms with Crippen molar-refractivity contribution in [2.45, 2.75) is 13.5 Å². The highest BCUT2D eigenvalue weighted by Crippen LogP contribution is 2.19. The van der Waals surface area contributed by atoms with Gasteiger partial charge in [0.05, 0.1) is 11.0 Å². The molecule has 0 amide bonds. The van der Waals surface area contributed by atoms with Gasteiger partial charge in [-0.2, -0.15) is 0 Å². The van der Waals surface area contributed by atoms with Gasteiger partial charge in [-0.1, -0.05) is 0 Å². The van der Waals surface area contributed by atoms with E-state index in [1.165, 1.54) is 0 Å². The van der Waals surface area contributed by atoms with E-state index in [2.05, 4.69) is 36.2 Å². The fourth-order valence-electron chi connectivity index (χ4n) is 1.08. The van der Waals surface area contributed by atoms with Crippen LogP contribution in [0, 0.1) is 6.92 Å². The quantitative estimate of drug-likeness (QED) is 0.941. The van der Waals surface area contributed by atoms with E-state index in [0.717, 1.165) is 21.1 Å². The molecule has 2 aromatic heterocycles. The standard InChI is InChI=1S/C9H9BrN4S/c1-6-12-4-7(10)9(14-6)13-5-8-11-2-3-15-8/h2-4H,5H2,1H3,(H,12,13,14). The third-order valence-corrected chi connectivity index (χ3v) is 3.12. The van der Waals surface area contributed by atoms with Gasteiger partial charge in [-0.15, -0.1) is 11.3 Å². The summed E-state index contributed by atoms with van der Waals surface area (Å²) >= 11 is 5.01. The molecule has 0 atom stereocenters. The van der Waals surface area contributed by atoms with Crippen molar-refractivity contribution in [3.8, 4) is 0 Å². The lowest BCUT2D eigenvalue weighted by atomic mass is 10.5. The van der Waals surface area contributed by atoms with Crippen LogP contribution in [0.5, 0.6) is 0 Å². The second-order valence-electron chi connectivity index (χ2n) is 2.89. The Morgan fingerprint density at radius 3 is 3.07 bits per heavy atom. The molecule has 0 aliphatic heterocycles. The predicted octanol–water partition coefficient (Wildman–Crippen LogP) is 2.62. The van der Waals surface area contributed by atoms with Gasteiger partial charge in [0, 0.05) is 17.8 Å². The van der Waals surface area contributed by atoms with Crippen LogP contribution in [0.15, 0.2) is 22.2 Å². The lowest BCUT2D eigenvalue weighted by Crippen LogP contribution is -2.03. The molecular weight excluding hydrogens is 276 g/mol. The van der Waals surface area contributed by atoms with Crippen molar-refractivity contribution in [2.75, 3.05) is 5.32 Å². The molecule has 0 aliphatic carbocycles. The maximum atomic E-state index is 4.28. The molecule has 6 heteroatoms. The van der Waals surface area contributed by atoms with Crippen LogP contribution in [-0.2, 0) is 6.54 Å². The van der Waals surface area contributed by atoms with Gasteiger partial charge in [0.2, 0.25) is 0 Å². The SMILES string of the molecule is Cc1ncc(Br)c(NCc2nccs2)n1. The third kappa shape index (κ3) is 2.73. The molecule has 0 bridgehead atoms. The Hall–Kier alpha value is -1.01. The average molecular weight is 285 g/mol. The van der Waals surface area contributed by atoms with Crippen molar-refractivity contribution in [1.29, 1.82) is 0 Å². The highest BCUT2D eigenvalue weighted by molar-refractivity contribution is 9.10. The van der Waals surface area contributed by atoms with Crippen LogP contribution in [0.1, 0.15) is 10.8 Å². The smallest absolute Gasteiger partial charge is 0.144 e. The monoisotopic (exact) mass is 284 g/mol. The summed E-state index contributed by atoms with van der Waals surface area (Å²) in [4.78, 5) is 12.5. The summed E-state index contributed by atoms with van der Waals surface area (Å²) in [6.45, 7) is 2.55. The number of hydrogen-bond acceptors (Lipinski definition) is 5. The second-order valence-corrected chi connectivity index (χ2v) is 4.73. The van der Waals surface area contributed by atoms with Crippen molar-refractivity contribution in [3.63, 3.8) is 0 Å². The van der Waals surface area contributed by atoms with Crippen LogP contribution in [-0.4, -0.2) is 15.0 Å². The molecule has 0 unspecified atom stereocenters. The number of nitrogens with one attached hydrogen (secondary N) is 1. The summed E-state index contributed by atoms with van der Waals surface area (Å²) in [5.41, 5.74) is 0. The Bertz CT molecular complexity index is 443. The molecule has 0 aliphatic rings. The maximum absolute atomic E-state index is 4.28. The summed E-state index contributed by atoms with van der Waals surface area (Å²) in [6.07, 6.45) is 3.54. The number of anilines is 1. The van der Waals surface area contributed by atoms with E-state index in [1.54, 1.807) is 23.7 Å². The summed E-state index contributed by atoms with van der Waals surface area (Å²) in [5.74, 6) is 1.55. The molecule has 1 N–H and O–H groups in total. The maximum Gasteiger partial charge on any atom is 0.144 e. The summed E-state index contributed by atoms with van der Waals surface area (Å²) in [7, 11) is 0. The van der Waals surface area contributed by atoms with E-state index in [9.17, 15) is 0 Å². The third-order valence-electron chi connectivity index (χ3n) is 1.76. The number of thiazole rings is 1. The average Bonchev–Trinajstić information content (AvgIpc) is 2.72. The largest absolute Gasteiger partial charge is 0.363 e. The van der Waals surface area contributed by atoms with Crippen LogP contribution in [0.3, 0.4) is 0 Å². The first-order valence-electron chi connectivity index (χ1n) is 4.37. The van der Waals surface area contributed by atoms with Crippen LogP contribution in [0.25, 0.3) is 0 Å². The van der Waals surface area contributed by atoms with Gasteiger partial charge in [-0.25, -0.2) is 15.0 Å². The van der Waals surface area contributed by atoms with Crippen LogP contribution in [0.4, 0.5) is 5.82 Å². The number of rotatable bonds is 3. The zero-order chi connectivity index (χ0) is 10.7. The minimum absolute atomic E-state index is 0.687. The summed E-state index contributed by atoms with van der Waals surface area (Å²) < 4.78 is 0.865. The molecule has 2 heterocycles. The Labute approximate surface area is 99.9 Å². The molecule has 2 rings (SSSR count). The molecule has 2 aromatic rings. The highest BCUT2D eigenvalue weighted by atomic mass is 79.9. The van der Waals surface area contributed by atoms with Crippen LogP contribution < -0.4 is 5.32 Å². The lowest BCUT2D eigenvalue weighted by molar-refractivity contribution is 1.01. The lowest BCUT2D eigenvalue weighted by Gasteiger charge is -2.05. The fourth-order valence-corrected chi connectivity index (χ4v) is 1.97. The van der Waals surface area contributed by atoms with Crippen molar-refractivity contribution < 1.29 is 0 Å². The van der Waals surface area contributed by atoms with Gasteiger partial charge in [0.25, 0.3) is 0 Å². The van der Waals surface area contributed by atoms with E-state index in [1.807, 2.05) is 12.3 Å². The van der Waals surface area contributed by atoms with E-state index in [4.69, 9.17) is 0 Å². The van der Waals surface area contributed by atoms with Crippen molar-refractivity contribution in [1.82, 2.24) is 15.0 Å². The molecular formula is C9H9BrN4S. The molecule has 4 nitrogen and oxygen atoms in total. The molecule has 0 radical (unpaired) electrons. The van der Waals surface area contributed by atoms with Crippen molar-refractivity contribution >= 4 is 33.1 Å². The minimum Gasteiger partial charge on any atom is -0.363 e. The summed E-state index contributed by atoms with van der Waals surface area (Å²) in [5, 5.41) is 6.20. The van der Waals surface area contributed by atoms with Crippen molar-refractivity contribution in [2.24, 2.45) is 0 Å². The van der Waals surface area contributed by atoms with Crippen LogP contribution >= 0.6 is 27.3 Å². The Balaban J connectivity index is 2.07. The molecule has 0 aromatic carbocycles. The van der Waals surface area contributed by atoms with Gasteiger partial charge >= 0.3 is 0 Å². The molecule has 78 valence electrons. The first kappa shape index (κ1) is 10.5. The second kappa shape index (κ2) is 4.67. The van der Waals surface area contributed by atoms with Crippen LogP contribution in [0.2, 0.25) is 0 Å². The molecule has 15 heavy (non-hydrogen) atoms. The predicted molar refractivity (Wildman–Crippen MR) is 63.9 cm³/mol. The number of aromatic nitrogens is 3. The van der Waals surface area contributed by atoms with Gasteiger partial charge in [-0.05, 0) is 22.9 Å². The number of aryl methyl sites for hydroxylation is 1. The normalized spacial score (nSPS) is 10.3. The van der Waals surface area contributed by atoms with Gasteiger partial charge < -0.3 is 5.32 Å². The molecule has 0 saturated carbocycles. The number of nitrogens with zero attached hydrogens (tertiary/aromatic N) is 3. The Kier molecular flexibility index (Phi) is 3.27. The number of halogens is 1. The fraction of sp³-hybridized carbons (Fsp3) is 0.222. The van der Waals surface area contributed by atoms with E-state index >= 15 is 0 Å². The van der Waals surface area contributed by atoms with E-state index < -0.39 is 0 Å². The Morgan fingerprint density at radius 2 is 2.33 bits per heavy atom. The summed E-state index contributed by atoms with van der Waals surface area (Å²) in [6, 6.07) is 0. The van der Waals surface area contributed by atoms with Gasteiger partial charge in [0.1, 0.15) is 16.6 Å². The zero-order valence-corrected chi connectivity index (χ0v) is 10.5. The topological polar surface area (TPSA) is 50.7 Å². The number of hydrogen-bond donors (Lipinski definition) is 1. The van der Waals surface area contributed by atoms with Gasteiger partial charge in [0.15, 0.2) is 0 Å². The van der Waals surface area contributed by atoms with Crippen molar-refractivity contribution in [3.05, 3.63) is 33.1 Å². The molecule has 0 saturated heterocycles. The molecule has 0 spiro atoms. The minimum atomic E-state index is 0.687. The first-order chi connectivity index (χ1) is 7.25. The highest BCUT2D eigenvalue weighted by Gasteiger charge is 2.03. The van der Waals surface area contributed by atoms with Gasteiger partial charge in [-0.3, -0.25) is 0 Å². The first-order valence-corrected chi connectivity index (χ1v) is 6.04. The zero-order valence-electron chi connectivity index (χ0n) is 8.07.